The van der Waals surface area contributed by atoms with Crippen LogP contribution in [0.15, 0.2) is 72.8 Å². The normalized spacial score (nSPS) is 11.6. The number of benzene rings is 3. The van der Waals surface area contributed by atoms with Crippen LogP contribution in [0.4, 0.5) is 16.2 Å². The Labute approximate surface area is 178 Å². The van der Waals surface area contributed by atoms with Gasteiger partial charge in [0, 0.05) is 16.8 Å². The number of aromatic nitrogens is 2. The lowest BCUT2D eigenvalue weighted by Gasteiger charge is -2.11. The van der Waals surface area contributed by atoms with E-state index in [0.29, 0.717) is 39.5 Å². The van der Waals surface area contributed by atoms with Gasteiger partial charge in [-0.25, -0.2) is 4.79 Å². The van der Waals surface area contributed by atoms with E-state index in [4.69, 9.17) is 4.74 Å². The highest BCUT2D eigenvalue weighted by Crippen LogP contribution is 2.43. The average molecular weight is 410 g/mol. The van der Waals surface area contributed by atoms with E-state index in [1.54, 1.807) is 31.4 Å². The number of amides is 2. The molecule has 3 N–H and O–H groups in total. The number of hydrogen-bond donors (Lipinski definition) is 3. The highest BCUT2D eigenvalue weighted by Gasteiger charge is 2.35. The molecule has 152 valence electrons. The number of hydrogen-bond acceptors (Lipinski definition) is 4. The Hall–Kier alpha value is -4.39. The summed E-state index contributed by atoms with van der Waals surface area (Å²) in [7, 11) is 1.60. The van der Waals surface area contributed by atoms with E-state index in [1.165, 1.54) is 0 Å². The molecule has 1 aliphatic rings. The van der Waals surface area contributed by atoms with Crippen molar-refractivity contribution >= 4 is 23.2 Å². The summed E-state index contributed by atoms with van der Waals surface area (Å²) in [4.78, 5) is 25.9. The first kappa shape index (κ1) is 18.6. The van der Waals surface area contributed by atoms with Crippen LogP contribution in [0.1, 0.15) is 15.9 Å². The van der Waals surface area contributed by atoms with Crippen LogP contribution >= 0.6 is 0 Å². The van der Waals surface area contributed by atoms with Gasteiger partial charge in [0.2, 0.25) is 0 Å². The lowest BCUT2D eigenvalue weighted by Crippen LogP contribution is -2.20. The van der Waals surface area contributed by atoms with Crippen molar-refractivity contribution < 1.29 is 14.3 Å². The number of nitrogens with one attached hydrogen (secondary N) is 3. The Morgan fingerprint density at radius 3 is 2.42 bits per heavy atom. The first-order valence-corrected chi connectivity index (χ1v) is 9.69. The van der Waals surface area contributed by atoms with E-state index in [0.717, 1.165) is 11.3 Å². The Morgan fingerprint density at radius 2 is 1.68 bits per heavy atom. The number of methoxy groups -OCH3 is 1. The van der Waals surface area contributed by atoms with Gasteiger partial charge in [-0.1, -0.05) is 30.3 Å². The molecule has 2 amide bonds. The molecule has 4 aromatic rings. The van der Waals surface area contributed by atoms with Crippen molar-refractivity contribution in [3.8, 4) is 28.3 Å². The lowest BCUT2D eigenvalue weighted by molar-refractivity contribution is 0.104. The van der Waals surface area contributed by atoms with Crippen molar-refractivity contribution in [3.05, 3.63) is 83.9 Å². The number of nitrogens with zero attached hydrogens (tertiary/aromatic N) is 1. The lowest BCUT2D eigenvalue weighted by atomic mass is 10.0. The second-order valence-electron chi connectivity index (χ2n) is 7.05. The van der Waals surface area contributed by atoms with Crippen molar-refractivity contribution in [3.63, 3.8) is 0 Å². The van der Waals surface area contributed by atoms with Gasteiger partial charge in [-0.2, -0.15) is 5.10 Å². The second kappa shape index (κ2) is 7.46. The summed E-state index contributed by atoms with van der Waals surface area (Å²) in [6.45, 7) is 0. The number of para-hydroxylation sites is 1. The van der Waals surface area contributed by atoms with Crippen molar-refractivity contribution in [2.24, 2.45) is 0 Å². The molecular formula is C24H18N4O3. The van der Waals surface area contributed by atoms with Gasteiger partial charge in [0.1, 0.15) is 11.4 Å². The summed E-state index contributed by atoms with van der Waals surface area (Å²) in [6.07, 6.45) is 0. The van der Waals surface area contributed by atoms with Crippen LogP contribution in [-0.2, 0) is 0 Å². The first-order chi connectivity index (χ1) is 15.2. The largest absolute Gasteiger partial charge is 0.497 e. The highest BCUT2D eigenvalue weighted by atomic mass is 16.5. The molecule has 0 bridgehead atoms. The smallest absolute Gasteiger partial charge is 0.323 e. The van der Waals surface area contributed by atoms with Gasteiger partial charge in [-0.15, -0.1) is 0 Å². The standard InChI is InChI=1S/C24H18N4O3/c1-31-16-12-10-14(11-13-16)21-20-22(28-27-21)17-8-5-9-18(19(17)23(20)29)26-24(30)25-15-6-3-2-4-7-15/h2-13H,1H3,(H,27,28)(H2,25,26,30). The summed E-state index contributed by atoms with van der Waals surface area (Å²) in [5, 5.41) is 12.9. The van der Waals surface area contributed by atoms with Crippen molar-refractivity contribution in [2.45, 2.75) is 0 Å². The van der Waals surface area contributed by atoms with Crippen molar-refractivity contribution in [1.82, 2.24) is 10.2 Å². The number of aromatic amines is 1. The van der Waals surface area contributed by atoms with Crippen LogP contribution in [-0.4, -0.2) is 29.1 Å². The van der Waals surface area contributed by atoms with Gasteiger partial charge in [-0.3, -0.25) is 9.89 Å². The van der Waals surface area contributed by atoms with E-state index >= 15 is 0 Å². The molecule has 0 fully saturated rings. The minimum atomic E-state index is -0.422. The first-order valence-electron chi connectivity index (χ1n) is 9.69. The van der Waals surface area contributed by atoms with Gasteiger partial charge in [0.15, 0.2) is 5.78 Å². The fraction of sp³-hybridized carbons (Fsp3) is 0.0417. The third kappa shape index (κ3) is 3.22. The van der Waals surface area contributed by atoms with Crippen LogP contribution in [0.2, 0.25) is 0 Å². The maximum atomic E-state index is 13.4. The number of carbonyl (C=O) groups is 2. The Kier molecular flexibility index (Phi) is 4.48. The SMILES string of the molecule is COc1ccc(-c2[nH]nc3c2C(=O)c2c(NC(=O)Nc4ccccc4)cccc2-3)cc1. The van der Waals surface area contributed by atoms with Gasteiger partial charge < -0.3 is 15.4 Å². The molecule has 1 aliphatic carbocycles. The summed E-state index contributed by atoms with van der Waals surface area (Å²) in [5.41, 5.74) is 4.77. The third-order valence-electron chi connectivity index (χ3n) is 5.20. The van der Waals surface area contributed by atoms with Crippen LogP contribution in [0.25, 0.3) is 22.5 Å². The zero-order valence-corrected chi connectivity index (χ0v) is 16.6. The Morgan fingerprint density at radius 1 is 0.903 bits per heavy atom. The zero-order chi connectivity index (χ0) is 21.4. The fourth-order valence-electron chi connectivity index (χ4n) is 3.75. The molecule has 31 heavy (non-hydrogen) atoms. The molecule has 0 radical (unpaired) electrons. The molecule has 7 nitrogen and oxygen atoms in total. The molecule has 0 saturated carbocycles. The summed E-state index contributed by atoms with van der Waals surface area (Å²) in [5.74, 6) is 0.547. The molecule has 1 heterocycles. The zero-order valence-electron chi connectivity index (χ0n) is 16.6. The molecule has 7 heteroatoms. The molecule has 5 rings (SSSR count). The number of rotatable bonds is 4. The number of urea groups is 1. The van der Waals surface area contributed by atoms with Crippen LogP contribution in [0.5, 0.6) is 5.75 Å². The molecule has 0 saturated heterocycles. The molecule has 0 aliphatic heterocycles. The third-order valence-corrected chi connectivity index (χ3v) is 5.20. The van der Waals surface area contributed by atoms with Crippen molar-refractivity contribution in [2.75, 3.05) is 17.7 Å². The highest BCUT2D eigenvalue weighted by molar-refractivity contribution is 6.27. The fourth-order valence-corrected chi connectivity index (χ4v) is 3.75. The van der Waals surface area contributed by atoms with Gasteiger partial charge in [0.05, 0.1) is 29.6 Å². The number of carbonyl (C=O) groups excluding carboxylic acids is 2. The summed E-state index contributed by atoms with van der Waals surface area (Å²) < 4.78 is 5.21. The number of ketones is 1. The van der Waals surface area contributed by atoms with Crippen LogP contribution in [0, 0.1) is 0 Å². The monoisotopic (exact) mass is 410 g/mol. The van der Waals surface area contributed by atoms with Crippen LogP contribution in [0.3, 0.4) is 0 Å². The second-order valence-corrected chi connectivity index (χ2v) is 7.05. The molecule has 3 aromatic carbocycles. The maximum absolute atomic E-state index is 13.4. The summed E-state index contributed by atoms with van der Waals surface area (Å²) >= 11 is 0. The van der Waals surface area contributed by atoms with E-state index in [1.807, 2.05) is 48.5 Å². The number of anilines is 2. The predicted molar refractivity (Wildman–Crippen MR) is 119 cm³/mol. The van der Waals surface area contributed by atoms with Gasteiger partial charge in [0.25, 0.3) is 0 Å². The van der Waals surface area contributed by atoms with Crippen LogP contribution < -0.4 is 15.4 Å². The number of ether oxygens (including phenoxy) is 1. The van der Waals surface area contributed by atoms with E-state index < -0.39 is 6.03 Å². The number of fused-ring (bicyclic) bond motifs is 3. The molecule has 0 unspecified atom stereocenters. The van der Waals surface area contributed by atoms with Gasteiger partial charge >= 0.3 is 6.03 Å². The van der Waals surface area contributed by atoms with E-state index in [2.05, 4.69) is 20.8 Å². The Bertz CT molecular complexity index is 1290. The minimum absolute atomic E-state index is 0.180. The van der Waals surface area contributed by atoms with E-state index in [-0.39, 0.29) is 5.78 Å². The topological polar surface area (TPSA) is 96.1 Å². The summed E-state index contributed by atoms with van der Waals surface area (Å²) in [6, 6.07) is 21.4. The average Bonchev–Trinajstić information content (AvgIpc) is 3.35. The predicted octanol–water partition coefficient (Wildman–Crippen LogP) is 4.94. The molecule has 0 spiro atoms. The quantitative estimate of drug-likeness (QED) is 0.391. The molecule has 0 atom stereocenters. The molecular weight excluding hydrogens is 392 g/mol. The number of H-pyrrole nitrogens is 1. The minimum Gasteiger partial charge on any atom is -0.497 e. The Balaban J connectivity index is 1.47. The van der Waals surface area contributed by atoms with E-state index in [9.17, 15) is 9.59 Å². The van der Waals surface area contributed by atoms with Gasteiger partial charge in [-0.05, 0) is 42.5 Å². The van der Waals surface area contributed by atoms with Crippen molar-refractivity contribution in [1.29, 1.82) is 0 Å². The maximum Gasteiger partial charge on any atom is 0.323 e. The molecule has 1 aromatic heterocycles.